The third-order valence-corrected chi connectivity index (χ3v) is 4.72. The minimum Gasteiger partial charge on any atom is -0.360 e. The van der Waals surface area contributed by atoms with Gasteiger partial charge in [-0.15, -0.1) is 0 Å². The summed E-state index contributed by atoms with van der Waals surface area (Å²) >= 11 is 1.51. The first kappa shape index (κ1) is 14.2. The zero-order chi connectivity index (χ0) is 14.8. The largest absolute Gasteiger partial charge is 0.360 e. The van der Waals surface area contributed by atoms with Gasteiger partial charge >= 0.3 is 0 Å². The lowest BCUT2D eigenvalue weighted by Crippen LogP contribution is -2.25. The van der Waals surface area contributed by atoms with Gasteiger partial charge < -0.3 is 14.4 Å². The van der Waals surface area contributed by atoms with Gasteiger partial charge in [0.1, 0.15) is 5.76 Å². The molecule has 1 aliphatic rings. The maximum Gasteiger partial charge on any atom is 0.239 e. The molecule has 0 saturated heterocycles. The SMILES string of the molecule is CC[C@H](Sc1nccn1C1CC1)C(=O)Nc1cc(C)on1. The summed E-state index contributed by atoms with van der Waals surface area (Å²) in [4.78, 5) is 16.7. The zero-order valence-corrected chi connectivity index (χ0v) is 12.9. The molecule has 3 rings (SSSR count). The second-order valence-corrected chi connectivity index (χ2v) is 6.34. The zero-order valence-electron chi connectivity index (χ0n) is 12.1. The summed E-state index contributed by atoms with van der Waals surface area (Å²) in [5, 5.41) is 7.30. The van der Waals surface area contributed by atoms with E-state index in [1.165, 1.54) is 24.6 Å². The molecule has 1 saturated carbocycles. The number of thioether (sulfide) groups is 1. The molecule has 1 aliphatic carbocycles. The van der Waals surface area contributed by atoms with Crippen molar-refractivity contribution in [1.29, 1.82) is 0 Å². The molecule has 1 amide bonds. The number of hydrogen-bond acceptors (Lipinski definition) is 5. The average Bonchev–Trinajstić information content (AvgIpc) is 3.07. The Bertz CT molecular complexity index is 632. The van der Waals surface area contributed by atoms with Crippen molar-refractivity contribution >= 4 is 23.5 Å². The molecule has 7 heteroatoms. The van der Waals surface area contributed by atoms with E-state index in [2.05, 4.69) is 20.0 Å². The number of carbonyl (C=O) groups excluding carboxylic acids is 1. The maximum absolute atomic E-state index is 12.3. The van der Waals surface area contributed by atoms with Gasteiger partial charge in [0.15, 0.2) is 11.0 Å². The van der Waals surface area contributed by atoms with Gasteiger partial charge in [0.2, 0.25) is 5.91 Å². The van der Waals surface area contributed by atoms with Gasteiger partial charge in [0, 0.05) is 24.5 Å². The van der Waals surface area contributed by atoms with Crippen molar-refractivity contribution in [2.24, 2.45) is 0 Å². The molecule has 1 N–H and O–H groups in total. The summed E-state index contributed by atoms with van der Waals surface area (Å²) in [5.41, 5.74) is 0. The number of imidazole rings is 1. The Hall–Kier alpha value is -1.76. The summed E-state index contributed by atoms with van der Waals surface area (Å²) in [5.74, 6) is 1.07. The predicted molar refractivity (Wildman–Crippen MR) is 80.3 cm³/mol. The van der Waals surface area contributed by atoms with E-state index in [0.29, 0.717) is 17.6 Å². The van der Waals surface area contributed by atoms with Crippen LogP contribution < -0.4 is 5.32 Å². The van der Waals surface area contributed by atoms with Crippen LogP contribution in [0.5, 0.6) is 0 Å². The first-order chi connectivity index (χ1) is 10.2. The van der Waals surface area contributed by atoms with Crippen LogP contribution in [0.4, 0.5) is 5.82 Å². The highest BCUT2D eigenvalue weighted by molar-refractivity contribution is 8.00. The highest BCUT2D eigenvalue weighted by atomic mass is 32.2. The maximum atomic E-state index is 12.3. The first-order valence-electron chi connectivity index (χ1n) is 7.11. The Morgan fingerprint density at radius 3 is 3.05 bits per heavy atom. The van der Waals surface area contributed by atoms with Crippen LogP contribution in [0.1, 0.15) is 38.0 Å². The van der Waals surface area contributed by atoms with E-state index in [0.717, 1.165) is 11.6 Å². The molecule has 6 nitrogen and oxygen atoms in total. The Balaban J connectivity index is 1.66. The molecule has 1 atom stereocenters. The third kappa shape index (κ3) is 3.29. The normalized spacial score (nSPS) is 15.9. The summed E-state index contributed by atoms with van der Waals surface area (Å²) in [7, 11) is 0. The lowest BCUT2D eigenvalue weighted by Gasteiger charge is -2.14. The molecule has 0 spiro atoms. The topological polar surface area (TPSA) is 73.0 Å². The number of carbonyl (C=O) groups is 1. The van der Waals surface area contributed by atoms with Crippen LogP contribution in [0.15, 0.2) is 28.1 Å². The number of hydrogen-bond donors (Lipinski definition) is 1. The fourth-order valence-electron chi connectivity index (χ4n) is 2.10. The number of rotatable bonds is 6. The Morgan fingerprint density at radius 1 is 1.62 bits per heavy atom. The van der Waals surface area contributed by atoms with Crippen LogP contribution in [-0.2, 0) is 4.79 Å². The molecule has 0 unspecified atom stereocenters. The van der Waals surface area contributed by atoms with Crippen LogP contribution in [0.25, 0.3) is 0 Å². The number of amides is 1. The number of anilines is 1. The standard InChI is InChI=1S/C14H18N4O2S/c1-3-11(13(19)16-12-8-9(2)20-17-12)21-14-15-6-7-18(14)10-4-5-10/h6-8,10-11H,3-5H2,1-2H3,(H,16,17,19)/t11-/m0/s1. The average molecular weight is 306 g/mol. The number of aryl methyl sites for hydroxylation is 1. The molecule has 0 aliphatic heterocycles. The van der Waals surface area contributed by atoms with Gasteiger partial charge in [-0.2, -0.15) is 0 Å². The molecule has 0 radical (unpaired) electrons. The lowest BCUT2D eigenvalue weighted by atomic mass is 10.3. The lowest BCUT2D eigenvalue weighted by molar-refractivity contribution is -0.115. The van der Waals surface area contributed by atoms with Gasteiger partial charge in [-0.25, -0.2) is 4.98 Å². The van der Waals surface area contributed by atoms with Crippen LogP contribution >= 0.6 is 11.8 Å². The van der Waals surface area contributed by atoms with Crippen molar-refractivity contribution in [3.05, 3.63) is 24.2 Å². The number of aromatic nitrogens is 3. The second kappa shape index (κ2) is 5.93. The van der Waals surface area contributed by atoms with Gasteiger partial charge in [-0.1, -0.05) is 23.8 Å². The predicted octanol–water partition coefficient (Wildman–Crippen LogP) is 3.02. The van der Waals surface area contributed by atoms with E-state index < -0.39 is 0 Å². The summed E-state index contributed by atoms with van der Waals surface area (Å²) < 4.78 is 7.12. The molecule has 2 aromatic heterocycles. The van der Waals surface area contributed by atoms with E-state index in [9.17, 15) is 4.79 Å². The molecule has 112 valence electrons. The monoisotopic (exact) mass is 306 g/mol. The van der Waals surface area contributed by atoms with Crippen molar-refractivity contribution in [3.63, 3.8) is 0 Å². The molecule has 21 heavy (non-hydrogen) atoms. The van der Waals surface area contributed by atoms with Crippen molar-refractivity contribution < 1.29 is 9.32 Å². The van der Waals surface area contributed by atoms with Crippen molar-refractivity contribution in [1.82, 2.24) is 14.7 Å². The molecule has 1 fully saturated rings. The minimum atomic E-state index is -0.193. The highest BCUT2D eigenvalue weighted by Crippen LogP contribution is 2.38. The van der Waals surface area contributed by atoms with Gasteiger partial charge in [0.05, 0.1) is 5.25 Å². The van der Waals surface area contributed by atoms with E-state index in [-0.39, 0.29) is 11.2 Å². The first-order valence-corrected chi connectivity index (χ1v) is 7.99. The van der Waals surface area contributed by atoms with E-state index in [1.807, 2.05) is 13.1 Å². The van der Waals surface area contributed by atoms with Crippen molar-refractivity contribution in [2.75, 3.05) is 5.32 Å². The van der Waals surface area contributed by atoms with Gasteiger partial charge in [0.25, 0.3) is 0 Å². The summed E-state index contributed by atoms with van der Waals surface area (Å²) in [6.45, 7) is 3.79. The van der Waals surface area contributed by atoms with Crippen LogP contribution in [0.2, 0.25) is 0 Å². The summed E-state index contributed by atoms with van der Waals surface area (Å²) in [6.07, 6.45) is 6.92. The summed E-state index contributed by atoms with van der Waals surface area (Å²) in [6, 6.07) is 2.27. The Labute approximate surface area is 127 Å². The fourth-order valence-corrected chi connectivity index (χ4v) is 3.14. The third-order valence-electron chi connectivity index (χ3n) is 3.36. The second-order valence-electron chi connectivity index (χ2n) is 5.18. The quantitative estimate of drug-likeness (QED) is 0.830. The van der Waals surface area contributed by atoms with Crippen molar-refractivity contribution in [2.45, 2.75) is 49.6 Å². The number of nitrogens with zero attached hydrogens (tertiary/aromatic N) is 3. The number of nitrogens with one attached hydrogen (secondary N) is 1. The minimum absolute atomic E-state index is 0.0684. The Kier molecular flexibility index (Phi) is 4.01. The van der Waals surface area contributed by atoms with Crippen LogP contribution in [0.3, 0.4) is 0 Å². The molecule has 0 aromatic carbocycles. The van der Waals surface area contributed by atoms with Crippen molar-refractivity contribution in [3.8, 4) is 0 Å². The molecular formula is C14H18N4O2S. The molecular weight excluding hydrogens is 288 g/mol. The van der Waals surface area contributed by atoms with E-state index >= 15 is 0 Å². The Morgan fingerprint density at radius 2 is 2.43 bits per heavy atom. The van der Waals surface area contributed by atoms with Gasteiger partial charge in [-0.05, 0) is 26.2 Å². The smallest absolute Gasteiger partial charge is 0.239 e. The van der Waals surface area contributed by atoms with E-state index in [1.54, 1.807) is 19.2 Å². The molecule has 0 bridgehead atoms. The fraction of sp³-hybridized carbons (Fsp3) is 0.500. The van der Waals surface area contributed by atoms with Crippen LogP contribution in [0, 0.1) is 6.92 Å². The highest BCUT2D eigenvalue weighted by Gasteiger charge is 2.28. The van der Waals surface area contributed by atoms with Crippen LogP contribution in [-0.4, -0.2) is 25.9 Å². The van der Waals surface area contributed by atoms with E-state index in [4.69, 9.17) is 4.52 Å². The molecule has 2 aromatic rings. The molecule has 2 heterocycles. The van der Waals surface area contributed by atoms with Gasteiger partial charge in [-0.3, -0.25) is 4.79 Å².